The van der Waals surface area contributed by atoms with Crippen molar-refractivity contribution in [2.45, 2.75) is 54.9 Å². The van der Waals surface area contributed by atoms with E-state index in [4.69, 9.17) is 35.7 Å². The predicted molar refractivity (Wildman–Crippen MR) is 93.9 cm³/mol. The fraction of sp³-hybridized carbons (Fsp3) is 1.00. The molecule has 146 valence electrons. The number of hydrogen-bond acceptors (Lipinski definition) is 7. The second kappa shape index (κ2) is 135. The molecule has 0 spiro atoms. The third kappa shape index (κ3) is 13300. The lowest BCUT2D eigenvalue weighted by atomic mass is 10.5. The normalized spacial score (nSPS) is 6.27. The van der Waals surface area contributed by atoms with E-state index >= 15 is 0 Å². The number of aliphatic hydroxyl groups is 7. The maximum Gasteiger partial charge on any atom is 0.0428 e. The van der Waals surface area contributed by atoms with E-state index < -0.39 is 0 Å². The van der Waals surface area contributed by atoms with Gasteiger partial charge in [0, 0.05) is 46.2 Å². The first-order valence-corrected chi connectivity index (χ1v) is 7.66. The number of rotatable bonds is 1. The van der Waals surface area contributed by atoms with Crippen LogP contribution in [0.15, 0.2) is 0 Å². The van der Waals surface area contributed by atoms with Crippen molar-refractivity contribution < 1.29 is 35.7 Å². The Morgan fingerprint density at radius 1 is 0.364 bits per heavy atom. The van der Waals surface area contributed by atoms with Crippen LogP contribution in [0.3, 0.4) is 0 Å². The molecule has 7 N–H and O–H groups in total. The average Bonchev–Trinajstić information content (AvgIpc) is 2.44. The molecule has 0 aliphatic rings. The second-order valence-electron chi connectivity index (χ2n) is 2.62. The largest absolute Gasteiger partial charge is 0.397 e. The summed E-state index contributed by atoms with van der Waals surface area (Å²) >= 11 is 0. The van der Waals surface area contributed by atoms with Gasteiger partial charge in [-0.25, -0.2) is 0 Å². The molecule has 0 heterocycles. The maximum absolute atomic E-state index is 7.88. The van der Waals surface area contributed by atoms with Gasteiger partial charge in [0.15, 0.2) is 0 Å². The minimum absolute atomic E-state index is 0.250. The zero-order chi connectivity index (χ0) is 19.7. The van der Waals surface area contributed by atoms with Crippen LogP contribution in [0.2, 0.25) is 0 Å². The predicted octanol–water partition coefficient (Wildman–Crippen LogP) is 0.380. The molecule has 0 aromatic heterocycles. The molecule has 0 saturated carbocycles. The van der Waals surface area contributed by atoms with Gasteiger partial charge in [-0.1, -0.05) is 6.92 Å². The Morgan fingerprint density at radius 3 is 0.409 bits per heavy atom. The Labute approximate surface area is 137 Å². The molecule has 0 aromatic rings. The third-order valence-electron chi connectivity index (χ3n) is 0.224. The molecule has 0 aliphatic carbocycles. The minimum atomic E-state index is 0.250. The van der Waals surface area contributed by atoms with Crippen molar-refractivity contribution in [2.24, 2.45) is 0 Å². The van der Waals surface area contributed by atoms with Crippen molar-refractivity contribution in [1.82, 2.24) is 0 Å². The van der Waals surface area contributed by atoms with Crippen LogP contribution in [0.5, 0.6) is 0 Å². The van der Waals surface area contributed by atoms with E-state index in [0.29, 0.717) is 6.61 Å². The lowest BCUT2D eigenvalue weighted by molar-refractivity contribution is 0.295. The van der Waals surface area contributed by atoms with Gasteiger partial charge in [-0.2, -0.15) is 0 Å². The van der Waals surface area contributed by atoms with Crippen LogP contribution in [0.4, 0.5) is 0 Å². The van der Waals surface area contributed by atoms with Gasteiger partial charge < -0.3 is 35.7 Å². The zero-order valence-corrected chi connectivity index (χ0v) is 15.8. The van der Waals surface area contributed by atoms with Gasteiger partial charge in [-0.3, -0.25) is 0 Å². The van der Waals surface area contributed by atoms with Crippen molar-refractivity contribution in [3.63, 3.8) is 0 Å². The Morgan fingerprint density at radius 2 is 0.409 bits per heavy atom. The highest BCUT2D eigenvalue weighted by atomic mass is 16.3. The highest BCUT2D eigenvalue weighted by Gasteiger charge is 1.57. The maximum atomic E-state index is 7.88. The summed E-state index contributed by atoms with van der Waals surface area (Å²) < 4.78 is 0. The van der Waals surface area contributed by atoms with Crippen LogP contribution in [0.25, 0.3) is 0 Å². The number of hydrogen-bond donors (Lipinski definition) is 7. The quantitative estimate of drug-likeness (QED) is 0.367. The van der Waals surface area contributed by atoms with Crippen LogP contribution >= 0.6 is 0 Å². The van der Waals surface area contributed by atoms with Gasteiger partial charge in [0.1, 0.15) is 0 Å². The molecule has 0 rings (SSSR count). The van der Waals surface area contributed by atoms with Gasteiger partial charge in [0.25, 0.3) is 0 Å². The van der Waals surface area contributed by atoms with E-state index in [1.807, 2.05) is 6.92 Å². The first-order chi connectivity index (χ1) is 10.4. The zero-order valence-electron chi connectivity index (χ0n) is 15.8. The molecule has 0 unspecified atom stereocenters. The highest BCUT2D eigenvalue weighted by Crippen LogP contribution is 1.61. The molecule has 7 heteroatoms. The fourth-order valence-electron chi connectivity index (χ4n) is 0. The molecule has 0 atom stereocenters. The Balaban J connectivity index is -0.0000000239. The third-order valence-corrected chi connectivity index (χ3v) is 0.224. The van der Waals surface area contributed by atoms with Crippen molar-refractivity contribution >= 4 is 0 Å². The lowest BCUT2D eigenvalue weighted by Gasteiger charge is -1.69. The molecule has 22 heavy (non-hydrogen) atoms. The van der Waals surface area contributed by atoms with Crippen LogP contribution in [-0.4, -0.2) is 82.0 Å². The fourth-order valence-corrected chi connectivity index (χ4v) is 0. The van der Waals surface area contributed by atoms with Gasteiger partial charge in [-0.15, -0.1) is 0 Å². The van der Waals surface area contributed by atoms with E-state index in [2.05, 4.69) is 0 Å². The summed E-state index contributed by atoms with van der Waals surface area (Å²) in [5.41, 5.74) is 0. The Kier molecular flexibility index (Phi) is 264. The molecular formula is C15H44O7. The summed E-state index contributed by atoms with van der Waals surface area (Å²) in [6.45, 7) is 13.8. The van der Waals surface area contributed by atoms with Gasteiger partial charge in [0.05, 0.1) is 0 Å². The van der Waals surface area contributed by atoms with Crippen molar-refractivity contribution in [1.29, 1.82) is 0 Å². The van der Waals surface area contributed by atoms with Crippen LogP contribution in [0.1, 0.15) is 54.9 Å². The van der Waals surface area contributed by atoms with Crippen LogP contribution in [0, 0.1) is 0 Å². The molecule has 0 bridgehead atoms. The molecule has 0 aromatic carbocycles. The van der Waals surface area contributed by atoms with E-state index in [1.165, 1.54) is 0 Å². The van der Waals surface area contributed by atoms with Crippen LogP contribution in [-0.2, 0) is 0 Å². The summed E-state index contributed by atoms with van der Waals surface area (Å²) in [6.07, 6.45) is 0.875. The van der Waals surface area contributed by atoms with Crippen molar-refractivity contribution in [3.05, 3.63) is 0 Å². The summed E-state index contributed by atoms with van der Waals surface area (Å²) in [5, 5.41) is 53.3. The first kappa shape index (κ1) is 43.0. The molecule has 0 amide bonds. The smallest absolute Gasteiger partial charge is 0.0428 e. The first-order valence-electron chi connectivity index (χ1n) is 7.66. The van der Waals surface area contributed by atoms with Crippen molar-refractivity contribution in [3.8, 4) is 0 Å². The Bertz CT molecular complexity index is 50.3. The summed E-state index contributed by atoms with van der Waals surface area (Å²) in [7, 11) is 0. The lowest BCUT2D eigenvalue weighted by Crippen LogP contribution is -1.69. The van der Waals surface area contributed by atoms with Crippen LogP contribution < -0.4 is 0 Å². The van der Waals surface area contributed by atoms with Gasteiger partial charge in [-0.05, 0) is 48.0 Å². The minimum Gasteiger partial charge on any atom is -0.397 e. The summed E-state index contributed by atoms with van der Waals surface area (Å²) in [4.78, 5) is 0. The van der Waals surface area contributed by atoms with Gasteiger partial charge in [0.2, 0.25) is 0 Å². The van der Waals surface area contributed by atoms with E-state index in [0.717, 1.165) is 6.42 Å². The summed E-state index contributed by atoms with van der Waals surface area (Å²) in [5.74, 6) is 0. The van der Waals surface area contributed by atoms with E-state index in [-0.39, 0.29) is 39.6 Å². The highest BCUT2D eigenvalue weighted by molar-refractivity contribution is 4.10. The standard InChI is InChI=1S/C3H8O.6C2H6O/c1-2-3-4;6*1-2-3/h4H,2-3H2,1H3;6*3H,2H2,1H3. The molecule has 0 aliphatic heterocycles. The molecule has 0 saturated heterocycles. The monoisotopic (exact) mass is 336 g/mol. The Hall–Kier alpha value is -0.280. The number of aliphatic hydroxyl groups excluding tert-OH is 7. The summed E-state index contributed by atoms with van der Waals surface area (Å²) in [6, 6.07) is 0. The van der Waals surface area contributed by atoms with E-state index in [9.17, 15) is 0 Å². The molecule has 0 radical (unpaired) electrons. The van der Waals surface area contributed by atoms with Crippen molar-refractivity contribution in [2.75, 3.05) is 46.2 Å². The molecular weight excluding hydrogens is 292 g/mol. The topological polar surface area (TPSA) is 142 Å². The van der Waals surface area contributed by atoms with Gasteiger partial charge >= 0.3 is 0 Å². The second-order valence-corrected chi connectivity index (χ2v) is 2.62. The average molecular weight is 337 g/mol. The molecule has 0 fully saturated rings. The molecule has 7 nitrogen and oxygen atoms in total. The van der Waals surface area contributed by atoms with E-state index in [1.54, 1.807) is 41.5 Å². The SMILES string of the molecule is CCCO.CCO.CCO.CCO.CCO.CCO.CCO.